The first-order chi connectivity index (χ1) is 27.2. The lowest BCUT2D eigenvalue weighted by Crippen LogP contribution is -2.62. The van der Waals surface area contributed by atoms with Gasteiger partial charge in [-0.15, -0.1) is 0 Å². The lowest BCUT2D eigenvalue weighted by atomic mass is 10.1. The summed E-state index contributed by atoms with van der Waals surface area (Å²) in [6, 6.07) is 6.81. The molecule has 0 spiro atoms. The maximum atomic E-state index is 11.9. The summed E-state index contributed by atoms with van der Waals surface area (Å²) in [5, 5.41) is 0. The average molecular weight is 868 g/mol. The molecule has 0 aliphatic heterocycles. The third kappa shape index (κ3) is 24.8. The van der Waals surface area contributed by atoms with E-state index in [9.17, 15) is 37.5 Å². The van der Waals surface area contributed by atoms with Gasteiger partial charge in [0.2, 0.25) is 13.2 Å². The Hall–Kier alpha value is -2.98. The van der Waals surface area contributed by atoms with E-state index in [0.717, 1.165) is 18.5 Å². The Labute approximate surface area is 348 Å². The van der Waals surface area contributed by atoms with Gasteiger partial charge >= 0.3 is 12.2 Å². The number of aromatic nitrogens is 2. The fraction of sp³-hybridized carbons (Fsp3) is 0.684. The van der Waals surface area contributed by atoms with Crippen LogP contribution in [-0.2, 0) is 21.7 Å². The second-order valence-electron chi connectivity index (χ2n) is 14.4. The van der Waals surface area contributed by atoms with Crippen LogP contribution in [0.15, 0.2) is 36.7 Å². The van der Waals surface area contributed by atoms with Crippen LogP contribution >= 0.6 is 0 Å². The van der Waals surface area contributed by atoms with E-state index in [1.165, 1.54) is 54.5 Å². The number of pyridine rings is 2. The molecule has 0 aliphatic rings. The smallest absolute Gasteiger partial charge is 0.408 e. The third-order valence-corrected chi connectivity index (χ3v) is 9.82. The van der Waals surface area contributed by atoms with Crippen molar-refractivity contribution in [2.75, 3.05) is 55.5 Å². The molecule has 2 aromatic heterocycles. The van der Waals surface area contributed by atoms with Crippen LogP contribution < -0.4 is 37.4 Å². The van der Waals surface area contributed by atoms with Gasteiger partial charge in [0, 0.05) is 65.8 Å². The minimum Gasteiger partial charge on any atom is -0.408 e. The van der Waals surface area contributed by atoms with Crippen molar-refractivity contribution in [3.63, 3.8) is 0 Å². The highest BCUT2D eigenvalue weighted by Crippen LogP contribution is 2.22. The van der Waals surface area contributed by atoms with Crippen LogP contribution in [0.5, 0.6) is 11.5 Å². The first kappa shape index (κ1) is 53.0. The molecule has 0 saturated carbocycles. The van der Waals surface area contributed by atoms with Crippen molar-refractivity contribution in [1.29, 1.82) is 0 Å². The Bertz CT molecular complexity index is 1430. The van der Waals surface area contributed by atoms with Crippen LogP contribution in [0.4, 0.5) is 9.59 Å². The molecule has 0 N–H and O–H groups in total. The molecule has 0 fully saturated rings. The third-order valence-electron chi connectivity index (χ3n) is 9.00. The van der Waals surface area contributed by atoms with Crippen LogP contribution in [0.25, 0.3) is 0 Å². The lowest BCUT2D eigenvalue weighted by Gasteiger charge is -2.27. The van der Waals surface area contributed by atoms with Gasteiger partial charge in [0.15, 0.2) is 11.5 Å². The monoisotopic (exact) mass is 866 g/mol. The number of unbranched alkanes of at least 4 members (excludes halogenated alkanes) is 8. The van der Waals surface area contributed by atoms with Crippen LogP contribution in [0.2, 0.25) is 0 Å². The topological polar surface area (TPSA) is 248 Å². The molecule has 2 amide bonds. The molecule has 0 aromatic carbocycles. The number of nitrogens with zero attached hydrogens (tertiary/aromatic N) is 6. The SMILES string of the molecule is CCCCCCCC(C)N(C)Cc1ncccc1OC(=O)N(C)C.CN(C)C(=O)Oc1cccnc1CN(C)C(CCCCCCCO[Cl+3]([O-])([O-])[O-])CO[Cl+3]([O-])([O-])[O-]. The maximum Gasteiger partial charge on any atom is 0.414 e. The van der Waals surface area contributed by atoms with E-state index >= 15 is 0 Å². The molecule has 2 aromatic rings. The normalized spacial score (nSPS) is 12.8. The summed E-state index contributed by atoms with van der Waals surface area (Å²) >= 11 is 0. The number of hydrogen-bond donors (Lipinski definition) is 0. The van der Waals surface area contributed by atoms with Crippen LogP contribution in [0, 0.1) is 20.5 Å². The molecule has 20 heteroatoms. The van der Waals surface area contributed by atoms with Gasteiger partial charge in [-0.25, -0.2) is 9.59 Å². The van der Waals surface area contributed by atoms with Gasteiger partial charge in [-0.3, -0.25) is 19.8 Å². The Morgan fingerprint density at radius 3 is 1.57 bits per heavy atom. The van der Waals surface area contributed by atoms with E-state index in [2.05, 4.69) is 44.3 Å². The quantitative estimate of drug-likeness (QED) is 0.116. The van der Waals surface area contributed by atoms with E-state index in [1.54, 1.807) is 70.6 Å². The molecular formula is C38H64Cl2N6O12. The largest absolute Gasteiger partial charge is 0.414 e. The molecule has 2 heterocycles. The first-order valence-corrected chi connectivity index (χ1v) is 21.9. The standard InChI is InChI=1S/C19H31Cl2N3O10.C19H33N3O2/c1-23(2)19(25)34-18-11-9-12-22-17(18)14-24(3)16(15-33-21(29,30)31)10-7-5-4-6-8-13-32-20(26,27)28;1-6-7-8-9-10-12-16(2)22(5)15-17-18(13-11-14-20-17)24-19(23)21(3)4/h9,11-12,16H,4-8,10,13-15H2,1-3H3;11,13-14,16H,6-10,12,15H2,1-5H3. The van der Waals surface area contributed by atoms with Gasteiger partial charge in [0.1, 0.15) is 0 Å². The summed E-state index contributed by atoms with van der Waals surface area (Å²) in [6.07, 6.45) is 13.7. The predicted molar refractivity (Wildman–Crippen MR) is 197 cm³/mol. The molecule has 0 aliphatic carbocycles. The molecule has 2 rings (SSSR count). The number of halogens is 2. The minimum atomic E-state index is -4.59. The fourth-order valence-corrected chi connectivity index (χ4v) is 6.00. The second-order valence-corrected chi connectivity index (χ2v) is 16.3. The van der Waals surface area contributed by atoms with Gasteiger partial charge in [0.25, 0.3) is 0 Å². The summed E-state index contributed by atoms with van der Waals surface area (Å²) in [5.41, 5.74) is 1.24. The molecular weight excluding hydrogens is 803 g/mol. The summed E-state index contributed by atoms with van der Waals surface area (Å²) in [4.78, 5) is 39.0. The molecule has 0 bridgehead atoms. The minimum absolute atomic E-state index is 0.183. The number of carbonyl (C=O) groups is 2. The van der Waals surface area contributed by atoms with Crippen LogP contribution in [-0.4, -0.2) is 109 Å². The van der Waals surface area contributed by atoms with Gasteiger partial charge in [0.05, 0.1) is 40.5 Å². The number of amides is 2. The summed E-state index contributed by atoms with van der Waals surface area (Å²) in [6.45, 7) is 4.81. The van der Waals surface area contributed by atoms with E-state index < -0.39 is 32.6 Å². The molecule has 18 nitrogen and oxygen atoms in total. The summed E-state index contributed by atoms with van der Waals surface area (Å²) in [5.74, 6) is 0.794. The Morgan fingerprint density at radius 2 is 1.09 bits per heavy atom. The van der Waals surface area contributed by atoms with Crippen molar-refractivity contribution in [3.8, 4) is 11.5 Å². The van der Waals surface area contributed by atoms with Crippen molar-refractivity contribution in [2.45, 2.75) is 116 Å². The maximum absolute atomic E-state index is 11.9. The molecule has 58 heavy (non-hydrogen) atoms. The molecule has 0 radical (unpaired) electrons. The summed E-state index contributed by atoms with van der Waals surface area (Å²) in [7, 11) is 1.23. The van der Waals surface area contributed by atoms with E-state index in [4.69, 9.17) is 9.47 Å². The number of rotatable bonds is 26. The van der Waals surface area contributed by atoms with Crippen molar-refractivity contribution in [2.24, 2.45) is 0 Å². The number of hydrogen-bond acceptors (Lipinski definition) is 16. The predicted octanol–water partition coefficient (Wildman–Crippen LogP) is 0.434. The zero-order chi connectivity index (χ0) is 43.7. The Kier molecular flexibility index (Phi) is 26.0. The van der Waals surface area contributed by atoms with Gasteiger partial charge in [-0.1, -0.05) is 64.7 Å². The number of carbonyl (C=O) groups excluding carboxylic acids is 2. The van der Waals surface area contributed by atoms with Crippen molar-refractivity contribution in [3.05, 3.63) is 48.0 Å². The highest BCUT2D eigenvalue weighted by molar-refractivity contribution is 5.70. The second kappa shape index (κ2) is 28.5. The average Bonchev–Trinajstić information content (AvgIpc) is 3.14. The highest BCUT2D eigenvalue weighted by Gasteiger charge is 2.27. The Morgan fingerprint density at radius 1 is 0.638 bits per heavy atom. The zero-order valence-electron chi connectivity index (χ0n) is 35.3. The van der Waals surface area contributed by atoms with E-state index in [0.29, 0.717) is 49.7 Å². The van der Waals surface area contributed by atoms with Crippen molar-refractivity contribution < 1.29 is 76.1 Å². The van der Waals surface area contributed by atoms with E-state index in [1.807, 2.05) is 0 Å². The first-order valence-electron chi connectivity index (χ1n) is 19.4. The van der Waals surface area contributed by atoms with Gasteiger partial charge < -0.3 is 19.3 Å². The van der Waals surface area contributed by atoms with Crippen molar-refractivity contribution in [1.82, 2.24) is 29.6 Å². The lowest BCUT2D eigenvalue weighted by molar-refractivity contribution is -1.92. The fourth-order valence-electron chi connectivity index (χ4n) is 5.40. The molecule has 332 valence electrons. The van der Waals surface area contributed by atoms with Crippen molar-refractivity contribution >= 4 is 12.2 Å². The molecule has 2 atom stereocenters. The Balaban J connectivity index is 0.000000616. The van der Waals surface area contributed by atoms with Crippen LogP contribution in [0.1, 0.15) is 102 Å². The van der Waals surface area contributed by atoms with Crippen LogP contribution in [0.3, 0.4) is 0 Å². The summed E-state index contributed by atoms with van der Waals surface area (Å²) < 4.78 is 83.1. The highest BCUT2D eigenvalue weighted by atomic mass is 35.7. The molecule has 2 unspecified atom stereocenters. The van der Waals surface area contributed by atoms with E-state index in [-0.39, 0.29) is 31.6 Å². The van der Waals surface area contributed by atoms with Gasteiger partial charge in [-0.05, 0) is 64.5 Å². The molecule has 0 saturated heterocycles. The number of ether oxygens (including phenoxy) is 2. The van der Waals surface area contributed by atoms with Gasteiger partial charge in [-0.2, -0.15) is 28.0 Å². The zero-order valence-corrected chi connectivity index (χ0v) is 36.8. The number of likely N-dealkylation sites (N-methyl/N-ethyl adjacent to an activating group) is 1.